The van der Waals surface area contributed by atoms with Crippen molar-refractivity contribution in [2.24, 2.45) is 0 Å². The first-order valence-corrected chi connectivity index (χ1v) is 7.78. The number of fused-ring (bicyclic) bond motifs is 1. The molecule has 0 saturated heterocycles. The van der Waals surface area contributed by atoms with E-state index in [0.717, 1.165) is 6.42 Å². The number of halogens is 1. The first-order chi connectivity index (χ1) is 6.58. The summed E-state index contributed by atoms with van der Waals surface area (Å²) < 4.78 is 1.26. The zero-order chi connectivity index (χ0) is 10.3. The Balaban J connectivity index is 2.51. The lowest BCUT2D eigenvalue weighted by atomic mass is 10.1. The summed E-state index contributed by atoms with van der Waals surface area (Å²) in [4.78, 5) is 0. The van der Waals surface area contributed by atoms with E-state index in [1.807, 2.05) is 0 Å². The van der Waals surface area contributed by atoms with Crippen LogP contribution >= 0.6 is 23.9 Å². The summed E-state index contributed by atoms with van der Waals surface area (Å²) in [7, 11) is 0.0143. The van der Waals surface area contributed by atoms with Gasteiger partial charge in [0.05, 0.1) is 0 Å². The second kappa shape index (κ2) is 3.79. The van der Waals surface area contributed by atoms with Crippen molar-refractivity contribution in [1.29, 1.82) is 0 Å². The van der Waals surface area contributed by atoms with Gasteiger partial charge in [0.1, 0.15) is 0 Å². The van der Waals surface area contributed by atoms with E-state index in [1.165, 1.54) is 26.5 Å². The Morgan fingerprint density at radius 1 is 1.29 bits per heavy atom. The van der Waals surface area contributed by atoms with Gasteiger partial charge in [-0.25, -0.2) is 0 Å². The average Bonchev–Trinajstić information content (AvgIpc) is 2.45. The smallest absolute Gasteiger partial charge is 0.0256 e. The van der Waals surface area contributed by atoms with E-state index in [0.29, 0.717) is 0 Å². The minimum absolute atomic E-state index is 0.0143. The Bertz CT molecular complexity index is 405. The molecule has 0 spiro atoms. The molecule has 0 unspecified atom stereocenters. The SMILES string of the molecule is CC1=Cc2c(Br)cc(P(C)C)cc2C1. The molecule has 0 aromatic heterocycles. The van der Waals surface area contributed by atoms with Crippen LogP contribution in [0.3, 0.4) is 0 Å². The van der Waals surface area contributed by atoms with Crippen LogP contribution in [0.1, 0.15) is 18.1 Å². The topological polar surface area (TPSA) is 0 Å². The Hall–Kier alpha value is -0.130. The maximum absolute atomic E-state index is 3.66. The van der Waals surface area contributed by atoms with Gasteiger partial charge in [-0.3, -0.25) is 0 Å². The molecule has 14 heavy (non-hydrogen) atoms. The summed E-state index contributed by atoms with van der Waals surface area (Å²) in [6.07, 6.45) is 3.42. The zero-order valence-electron chi connectivity index (χ0n) is 8.76. The predicted octanol–water partition coefficient (Wildman–Crippen LogP) is 3.78. The normalized spacial score (nSPS) is 14.5. The standard InChI is InChI=1S/C12H14BrP/c1-8-4-9-6-10(14(2)3)7-12(13)11(9)5-8/h5-7H,4H2,1-3H3. The van der Waals surface area contributed by atoms with E-state index in [4.69, 9.17) is 0 Å². The molecule has 0 N–H and O–H groups in total. The van der Waals surface area contributed by atoms with Gasteiger partial charge >= 0.3 is 0 Å². The van der Waals surface area contributed by atoms with E-state index < -0.39 is 0 Å². The Kier molecular flexibility index (Phi) is 2.81. The summed E-state index contributed by atoms with van der Waals surface area (Å²) in [6.45, 7) is 6.81. The van der Waals surface area contributed by atoms with Gasteiger partial charge in [0.2, 0.25) is 0 Å². The van der Waals surface area contributed by atoms with Gasteiger partial charge in [-0.05, 0) is 49.2 Å². The van der Waals surface area contributed by atoms with Crippen molar-refractivity contribution in [3.05, 3.63) is 33.3 Å². The summed E-state index contributed by atoms with van der Waals surface area (Å²) in [5.74, 6) is 0. The molecule has 1 aliphatic rings. The second-order valence-electron chi connectivity index (χ2n) is 4.06. The molecule has 2 heteroatoms. The zero-order valence-corrected chi connectivity index (χ0v) is 11.2. The van der Waals surface area contributed by atoms with Crippen LogP contribution < -0.4 is 5.30 Å². The van der Waals surface area contributed by atoms with Gasteiger partial charge in [-0.2, -0.15) is 0 Å². The van der Waals surface area contributed by atoms with Crippen molar-refractivity contribution in [2.75, 3.05) is 13.3 Å². The van der Waals surface area contributed by atoms with Crippen LogP contribution in [0.5, 0.6) is 0 Å². The van der Waals surface area contributed by atoms with Gasteiger partial charge < -0.3 is 0 Å². The molecule has 0 atom stereocenters. The third kappa shape index (κ3) is 1.81. The number of allylic oxidation sites excluding steroid dienone is 1. The maximum Gasteiger partial charge on any atom is 0.0256 e. The number of benzene rings is 1. The Morgan fingerprint density at radius 3 is 2.64 bits per heavy atom. The minimum Gasteiger partial charge on any atom is -0.0816 e. The van der Waals surface area contributed by atoms with Crippen LogP contribution in [0.4, 0.5) is 0 Å². The molecule has 0 heterocycles. The molecule has 1 aromatic carbocycles. The molecule has 2 rings (SSSR count). The largest absolute Gasteiger partial charge is 0.0816 e. The molecule has 0 amide bonds. The van der Waals surface area contributed by atoms with E-state index in [-0.39, 0.29) is 7.92 Å². The van der Waals surface area contributed by atoms with Gasteiger partial charge in [-0.1, -0.05) is 41.6 Å². The Morgan fingerprint density at radius 2 is 2.00 bits per heavy atom. The Labute approximate surface area is 95.3 Å². The lowest BCUT2D eigenvalue weighted by Crippen LogP contribution is -2.02. The molecule has 0 saturated carbocycles. The molecular formula is C12H14BrP. The molecule has 0 nitrogen and oxygen atoms in total. The molecule has 0 fully saturated rings. The van der Waals surface area contributed by atoms with E-state index in [1.54, 1.807) is 0 Å². The highest BCUT2D eigenvalue weighted by molar-refractivity contribution is 9.10. The molecule has 0 radical (unpaired) electrons. The van der Waals surface area contributed by atoms with Crippen molar-refractivity contribution >= 4 is 35.2 Å². The van der Waals surface area contributed by atoms with Crippen molar-refractivity contribution in [3.8, 4) is 0 Å². The highest BCUT2D eigenvalue weighted by Gasteiger charge is 2.14. The summed E-state index contributed by atoms with van der Waals surface area (Å²) in [6, 6.07) is 4.65. The molecule has 1 aromatic rings. The highest BCUT2D eigenvalue weighted by atomic mass is 79.9. The second-order valence-corrected chi connectivity index (χ2v) is 7.22. The monoisotopic (exact) mass is 268 g/mol. The van der Waals surface area contributed by atoms with E-state index in [2.05, 4.69) is 54.4 Å². The minimum atomic E-state index is 0.0143. The van der Waals surface area contributed by atoms with E-state index in [9.17, 15) is 0 Å². The maximum atomic E-state index is 3.66. The van der Waals surface area contributed by atoms with Gasteiger partial charge in [0.15, 0.2) is 0 Å². The number of rotatable bonds is 1. The van der Waals surface area contributed by atoms with Gasteiger partial charge in [0.25, 0.3) is 0 Å². The average molecular weight is 269 g/mol. The summed E-state index contributed by atoms with van der Waals surface area (Å²) in [5, 5.41) is 1.49. The summed E-state index contributed by atoms with van der Waals surface area (Å²) >= 11 is 3.66. The molecule has 0 bridgehead atoms. The number of hydrogen-bond acceptors (Lipinski definition) is 0. The van der Waals surface area contributed by atoms with Crippen molar-refractivity contribution < 1.29 is 0 Å². The molecular weight excluding hydrogens is 255 g/mol. The molecule has 1 aliphatic carbocycles. The van der Waals surface area contributed by atoms with E-state index >= 15 is 0 Å². The van der Waals surface area contributed by atoms with Gasteiger partial charge in [-0.15, -0.1) is 0 Å². The third-order valence-corrected chi connectivity index (χ3v) is 4.52. The van der Waals surface area contributed by atoms with Crippen molar-refractivity contribution in [1.82, 2.24) is 0 Å². The lowest BCUT2D eigenvalue weighted by Gasteiger charge is -2.10. The first-order valence-electron chi connectivity index (χ1n) is 4.75. The molecule has 74 valence electrons. The predicted molar refractivity (Wildman–Crippen MR) is 69.9 cm³/mol. The van der Waals surface area contributed by atoms with Gasteiger partial charge in [0, 0.05) is 4.47 Å². The fourth-order valence-corrected chi connectivity index (χ4v) is 3.42. The lowest BCUT2D eigenvalue weighted by molar-refractivity contribution is 1.20. The summed E-state index contributed by atoms with van der Waals surface area (Å²) in [5.41, 5.74) is 4.35. The van der Waals surface area contributed by atoms with Crippen LogP contribution in [0.2, 0.25) is 0 Å². The highest BCUT2D eigenvalue weighted by Crippen LogP contribution is 2.34. The quantitative estimate of drug-likeness (QED) is 0.681. The van der Waals surface area contributed by atoms with Crippen molar-refractivity contribution in [2.45, 2.75) is 13.3 Å². The molecule has 0 aliphatic heterocycles. The first kappa shape index (κ1) is 10.4. The van der Waals surface area contributed by atoms with Crippen LogP contribution in [0.25, 0.3) is 6.08 Å². The van der Waals surface area contributed by atoms with Crippen LogP contribution in [-0.2, 0) is 6.42 Å². The third-order valence-electron chi connectivity index (χ3n) is 2.58. The van der Waals surface area contributed by atoms with Crippen molar-refractivity contribution in [3.63, 3.8) is 0 Å². The fraction of sp³-hybridized carbons (Fsp3) is 0.333. The van der Waals surface area contributed by atoms with Crippen LogP contribution in [0, 0.1) is 0 Å². The van der Waals surface area contributed by atoms with Crippen LogP contribution in [0.15, 0.2) is 22.2 Å². The van der Waals surface area contributed by atoms with Crippen LogP contribution in [-0.4, -0.2) is 13.3 Å². The number of hydrogen-bond donors (Lipinski definition) is 0. The fourth-order valence-electron chi connectivity index (χ4n) is 1.82.